The maximum absolute atomic E-state index is 12.4. The normalized spacial score (nSPS) is 11.7. The topological polar surface area (TPSA) is 124 Å². The number of hydrogen-bond acceptors (Lipinski definition) is 6. The van der Waals surface area contributed by atoms with Gasteiger partial charge in [0.05, 0.1) is 4.90 Å². The van der Waals surface area contributed by atoms with Gasteiger partial charge in [0, 0.05) is 11.8 Å². The van der Waals surface area contributed by atoms with E-state index in [0.717, 1.165) is 0 Å². The van der Waals surface area contributed by atoms with Gasteiger partial charge in [0.15, 0.2) is 16.8 Å². The number of nitrogens with two attached hydrogens (primary N) is 1. The summed E-state index contributed by atoms with van der Waals surface area (Å²) in [6.07, 6.45) is 1.64. The number of carbonyl (C=O) groups is 1. The molecule has 8 nitrogen and oxygen atoms in total. The Labute approximate surface area is 146 Å². The molecule has 0 spiro atoms. The fraction of sp³-hybridized carbons (Fsp3) is 0.0625. The smallest absolute Gasteiger partial charge is 0.248 e. The second-order valence-electron chi connectivity index (χ2n) is 5.00. The Kier molecular flexibility index (Phi) is 4.75. The van der Waals surface area contributed by atoms with E-state index in [9.17, 15) is 9.00 Å². The number of amides is 1. The third-order valence-corrected chi connectivity index (χ3v) is 4.25. The van der Waals surface area contributed by atoms with Gasteiger partial charge in [0.25, 0.3) is 0 Å². The van der Waals surface area contributed by atoms with E-state index in [-0.39, 0.29) is 5.95 Å². The van der Waals surface area contributed by atoms with Crippen LogP contribution < -0.4 is 10.5 Å². The summed E-state index contributed by atoms with van der Waals surface area (Å²) in [5, 5.41) is 0. The van der Waals surface area contributed by atoms with Crippen molar-refractivity contribution >= 4 is 22.8 Å². The minimum atomic E-state index is -1.60. The number of hydrogen-bond donors (Lipinski definition) is 2. The van der Waals surface area contributed by atoms with E-state index in [2.05, 4.69) is 24.7 Å². The van der Waals surface area contributed by atoms with Gasteiger partial charge in [-0.05, 0) is 43.3 Å². The summed E-state index contributed by atoms with van der Waals surface area (Å²) in [7, 11) is -1.60. The molecule has 3 aromatic rings. The van der Waals surface area contributed by atoms with Crippen LogP contribution >= 0.6 is 0 Å². The zero-order valence-corrected chi connectivity index (χ0v) is 14.0. The van der Waals surface area contributed by atoms with E-state index in [1.165, 1.54) is 12.1 Å². The number of carbonyl (C=O) groups excluding carboxylic acids is 1. The van der Waals surface area contributed by atoms with Crippen LogP contribution in [0.3, 0.4) is 0 Å². The molecule has 25 heavy (non-hydrogen) atoms. The highest BCUT2D eigenvalue weighted by Gasteiger charge is 2.11. The lowest BCUT2D eigenvalue weighted by Crippen LogP contribution is -2.12. The van der Waals surface area contributed by atoms with Crippen LogP contribution in [0.1, 0.15) is 16.2 Å². The van der Waals surface area contributed by atoms with Crippen molar-refractivity contribution in [2.75, 3.05) is 4.72 Å². The first kappa shape index (κ1) is 16.7. The van der Waals surface area contributed by atoms with Gasteiger partial charge in [-0.15, -0.1) is 0 Å². The van der Waals surface area contributed by atoms with Crippen LogP contribution in [0.25, 0.3) is 11.5 Å². The molecule has 126 valence electrons. The zero-order valence-electron chi connectivity index (χ0n) is 13.2. The molecule has 9 heteroatoms. The molecule has 2 heterocycles. The molecule has 1 unspecified atom stereocenters. The maximum Gasteiger partial charge on any atom is 0.248 e. The molecular formula is C16H14N6O2S. The van der Waals surface area contributed by atoms with Gasteiger partial charge < -0.3 is 5.73 Å². The highest BCUT2D eigenvalue weighted by Crippen LogP contribution is 2.15. The van der Waals surface area contributed by atoms with Crippen molar-refractivity contribution in [2.24, 2.45) is 5.73 Å². The molecule has 1 atom stereocenters. The second-order valence-corrected chi connectivity index (χ2v) is 6.22. The first-order chi connectivity index (χ1) is 12.0. The van der Waals surface area contributed by atoms with Crippen molar-refractivity contribution in [2.45, 2.75) is 11.8 Å². The van der Waals surface area contributed by atoms with E-state index < -0.39 is 16.9 Å². The van der Waals surface area contributed by atoms with Crippen LogP contribution in [0.15, 0.2) is 53.6 Å². The van der Waals surface area contributed by atoms with Crippen LogP contribution in [-0.4, -0.2) is 30.1 Å². The van der Waals surface area contributed by atoms with Gasteiger partial charge in [0.1, 0.15) is 11.5 Å². The van der Waals surface area contributed by atoms with Crippen molar-refractivity contribution < 1.29 is 9.00 Å². The molecule has 2 aromatic heterocycles. The lowest BCUT2D eigenvalue weighted by Gasteiger charge is -2.07. The van der Waals surface area contributed by atoms with Gasteiger partial charge in [0.2, 0.25) is 11.9 Å². The third kappa shape index (κ3) is 4.01. The first-order valence-corrected chi connectivity index (χ1v) is 8.40. The number of aromatic nitrogens is 4. The summed E-state index contributed by atoms with van der Waals surface area (Å²) in [6, 6.07) is 11.5. The lowest BCUT2D eigenvalue weighted by atomic mass is 10.2. The minimum absolute atomic E-state index is 0.172. The van der Waals surface area contributed by atoms with Crippen molar-refractivity contribution in [1.82, 2.24) is 19.9 Å². The van der Waals surface area contributed by atoms with Crippen LogP contribution in [0.2, 0.25) is 0 Å². The number of benzene rings is 1. The van der Waals surface area contributed by atoms with Crippen molar-refractivity contribution in [3.8, 4) is 11.5 Å². The van der Waals surface area contributed by atoms with Crippen molar-refractivity contribution in [1.29, 1.82) is 0 Å². The number of nitrogens with zero attached hydrogens (tertiary/aromatic N) is 4. The van der Waals surface area contributed by atoms with Crippen molar-refractivity contribution in [3.63, 3.8) is 0 Å². The fourth-order valence-corrected chi connectivity index (χ4v) is 2.78. The summed E-state index contributed by atoms with van der Waals surface area (Å²) in [4.78, 5) is 28.4. The Morgan fingerprint density at radius 2 is 1.84 bits per heavy atom. The predicted octanol–water partition coefficient (Wildman–Crippen LogP) is 1.48. The second kappa shape index (κ2) is 7.14. The number of anilines is 1. The van der Waals surface area contributed by atoms with E-state index in [0.29, 0.717) is 27.8 Å². The van der Waals surface area contributed by atoms with Gasteiger partial charge in [-0.3, -0.25) is 14.5 Å². The predicted molar refractivity (Wildman–Crippen MR) is 92.8 cm³/mol. The Morgan fingerprint density at radius 3 is 2.48 bits per heavy atom. The number of aryl methyl sites for hydroxylation is 1. The summed E-state index contributed by atoms with van der Waals surface area (Å²) in [6.45, 7) is 1.71. The molecule has 0 fully saturated rings. The highest BCUT2D eigenvalue weighted by molar-refractivity contribution is 7.86. The summed E-state index contributed by atoms with van der Waals surface area (Å²) < 4.78 is 15.1. The SMILES string of the molecule is Cc1nc(NS(=O)c2ccc(C(N)=O)cc2)nc(-c2ccccn2)n1. The van der Waals surface area contributed by atoms with E-state index in [1.807, 2.05) is 6.07 Å². The number of rotatable bonds is 5. The first-order valence-electron chi connectivity index (χ1n) is 7.25. The summed E-state index contributed by atoms with van der Waals surface area (Å²) in [5.41, 5.74) is 6.12. The Balaban J connectivity index is 1.84. The average Bonchev–Trinajstić information content (AvgIpc) is 2.62. The maximum atomic E-state index is 12.4. The Hall–Kier alpha value is -3.20. The monoisotopic (exact) mass is 354 g/mol. The molecule has 0 saturated carbocycles. The van der Waals surface area contributed by atoms with Gasteiger partial charge in [-0.2, -0.15) is 9.97 Å². The standard InChI is InChI=1S/C16H14N6O2S/c1-10-19-15(13-4-2-3-9-18-13)21-16(20-10)22-25(24)12-7-5-11(6-8-12)14(17)23/h2-9H,1H3,(H2,17,23)(H,19,20,21,22). The quantitative estimate of drug-likeness (QED) is 0.715. The highest BCUT2D eigenvalue weighted by atomic mass is 32.2. The van der Waals surface area contributed by atoms with E-state index in [4.69, 9.17) is 5.73 Å². The summed E-state index contributed by atoms with van der Waals surface area (Å²) >= 11 is 0. The number of pyridine rings is 1. The molecule has 1 aromatic carbocycles. The molecular weight excluding hydrogens is 340 g/mol. The molecule has 0 aliphatic carbocycles. The average molecular weight is 354 g/mol. The van der Waals surface area contributed by atoms with E-state index >= 15 is 0 Å². The van der Waals surface area contributed by atoms with Crippen LogP contribution in [0.4, 0.5) is 5.95 Å². The van der Waals surface area contributed by atoms with Gasteiger partial charge in [-0.25, -0.2) is 9.19 Å². The van der Waals surface area contributed by atoms with Gasteiger partial charge >= 0.3 is 0 Å². The van der Waals surface area contributed by atoms with Crippen LogP contribution in [0, 0.1) is 6.92 Å². The largest absolute Gasteiger partial charge is 0.366 e. The Bertz CT molecular complexity index is 931. The van der Waals surface area contributed by atoms with E-state index in [1.54, 1.807) is 37.4 Å². The number of nitrogens with one attached hydrogen (secondary N) is 1. The fourth-order valence-electron chi connectivity index (χ4n) is 2.02. The van der Waals surface area contributed by atoms with Gasteiger partial charge in [-0.1, -0.05) is 6.07 Å². The van der Waals surface area contributed by atoms with Crippen LogP contribution in [-0.2, 0) is 11.0 Å². The third-order valence-electron chi connectivity index (χ3n) is 3.18. The molecule has 0 aliphatic heterocycles. The molecule has 3 rings (SSSR count). The zero-order chi connectivity index (χ0) is 17.8. The minimum Gasteiger partial charge on any atom is -0.366 e. The lowest BCUT2D eigenvalue weighted by molar-refractivity contribution is 0.1000. The molecule has 0 aliphatic rings. The Morgan fingerprint density at radius 1 is 1.08 bits per heavy atom. The molecule has 3 N–H and O–H groups in total. The van der Waals surface area contributed by atoms with Crippen LogP contribution in [0.5, 0.6) is 0 Å². The van der Waals surface area contributed by atoms with Crippen molar-refractivity contribution in [3.05, 3.63) is 60.0 Å². The molecule has 1 amide bonds. The molecule has 0 radical (unpaired) electrons. The summed E-state index contributed by atoms with van der Waals surface area (Å²) in [5.74, 6) is 0.486. The molecule has 0 bridgehead atoms. The molecule has 0 saturated heterocycles. The number of primary amides is 1.